The lowest BCUT2D eigenvalue weighted by Gasteiger charge is -2.21. The van der Waals surface area contributed by atoms with Crippen molar-refractivity contribution in [3.8, 4) is 0 Å². The van der Waals surface area contributed by atoms with E-state index < -0.39 is 0 Å². The van der Waals surface area contributed by atoms with Crippen LogP contribution in [0, 0.1) is 0 Å². The minimum Gasteiger partial charge on any atom is -0.383 e. The number of nitrogens with one attached hydrogen (secondary N) is 2. The van der Waals surface area contributed by atoms with Crippen molar-refractivity contribution in [2.45, 2.75) is 31.2 Å². The Morgan fingerprint density at radius 3 is 2.73 bits per heavy atom. The van der Waals surface area contributed by atoms with Gasteiger partial charge in [0.1, 0.15) is 0 Å². The van der Waals surface area contributed by atoms with Gasteiger partial charge in [0.2, 0.25) is 0 Å². The van der Waals surface area contributed by atoms with Gasteiger partial charge in [0.25, 0.3) is 0 Å². The molecule has 1 aromatic carbocycles. The lowest BCUT2D eigenvalue weighted by molar-refractivity contribution is 0.179. The maximum absolute atomic E-state index is 6.10. The van der Waals surface area contributed by atoms with Gasteiger partial charge in [-0.25, -0.2) is 0 Å². The van der Waals surface area contributed by atoms with Crippen LogP contribution in [0.25, 0.3) is 0 Å². The van der Waals surface area contributed by atoms with Crippen LogP contribution in [0.3, 0.4) is 0 Å². The zero-order valence-corrected chi connectivity index (χ0v) is 16.4. The molecular formula is C16H25ClIN3O. The highest BCUT2D eigenvalue weighted by molar-refractivity contribution is 14.0. The highest BCUT2D eigenvalue weighted by atomic mass is 127. The van der Waals surface area contributed by atoms with Gasteiger partial charge in [-0.1, -0.05) is 23.7 Å². The molecule has 0 heterocycles. The molecule has 0 radical (unpaired) electrons. The first kappa shape index (κ1) is 19.5. The Hall–Kier alpha value is -0.530. The van der Waals surface area contributed by atoms with Crippen molar-refractivity contribution in [1.29, 1.82) is 0 Å². The van der Waals surface area contributed by atoms with Crippen LogP contribution in [-0.2, 0) is 10.2 Å². The van der Waals surface area contributed by atoms with Crippen LogP contribution in [0.1, 0.15) is 25.3 Å². The average molecular weight is 438 g/mol. The summed E-state index contributed by atoms with van der Waals surface area (Å²) in [7, 11) is 3.49. The third kappa shape index (κ3) is 5.28. The summed E-state index contributed by atoms with van der Waals surface area (Å²) in [5.41, 5.74) is 1.51. The molecule has 1 aliphatic rings. The topological polar surface area (TPSA) is 45.7 Å². The van der Waals surface area contributed by atoms with Gasteiger partial charge in [-0.2, -0.15) is 0 Å². The average Bonchev–Trinajstić information content (AvgIpc) is 3.25. The molecule has 2 rings (SSSR count). The second-order valence-electron chi connectivity index (χ2n) is 5.72. The van der Waals surface area contributed by atoms with Crippen LogP contribution in [-0.4, -0.2) is 39.3 Å². The predicted molar refractivity (Wildman–Crippen MR) is 104 cm³/mol. The molecule has 22 heavy (non-hydrogen) atoms. The third-order valence-corrected chi connectivity index (χ3v) is 4.14. The number of guanidine groups is 1. The Morgan fingerprint density at radius 2 is 2.18 bits per heavy atom. The smallest absolute Gasteiger partial charge is 0.191 e. The summed E-state index contributed by atoms with van der Waals surface area (Å²) in [4.78, 5) is 4.27. The summed E-state index contributed by atoms with van der Waals surface area (Å²) in [5, 5.41) is 7.54. The minimum atomic E-state index is 0. The number of hydrogen-bond acceptors (Lipinski definition) is 2. The van der Waals surface area contributed by atoms with E-state index in [1.165, 1.54) is 18.4 Å². The van der Waals surface area contributed by atoms with E-state index in [-0.39, 0.29) is 35.4 Å². The van der Waals surface area contributed by atoms with Crippen LogP contribution in [0.2, 0.25) is 5.02 Å². The number of methoxy groups -OCH3 is 1. The summed E-state index contributed by atoms with van der Waals surface area (Å²) >= 11 is 6.10. The van der Waals surface area contributed by atoms with E-state index in [9.17, 15) is 0 Å². The van der Waals surface area contributed by atoms with Gasteiger partial charge in [0, 0.05) is 37.2 Å². The Kier molecular flexibility index (Phi) is 7.93. The minimum absolute atomic E-state index is 0. The van der Waals surface area contributed by atoms with Crippen LogP contribution < -0.4 is 10.6 Å². The third-order valence-electron chi connectivity index (χ3n) is 3.91. The first-order chi connectivity index (χ1) is 10.1. The van der Waals surface area contributed by atoms with Crippen molar-refractivity contribution in [2.24, 2.45) is 4.99 Å². The van der Waals surface area contributed by atoms with E-state index in [4.69, 9.17) is 16.3 Å². The molecule has 0 bridgehead atoms. The second kappa shape index (κ2) is 8.93. The second-order valence-corrected chi connectivity index (χ2v) is 6.15. The summed E-state index contributed by atoms with van der Waals surface area (Å²) in [5.74, 6) is 0.813. The largest absolute Gasteiger partial charge is 0.383 e. The van der Waals surface area contributed by atoms with Crippen molar-refractivity contribution in [2.75, 3.05) is 27.3 Å². The number of halogens is 2. The lowest BCUT2D eigenvalue weighted by Crippen LogP contribution is -2.46. The molecular weight excluding hydrogens is 413 g/mol. The van der Waals surface area contributed by atoms with Gasteiger partial charge in [-0.15, -0.1) is 24.0 Å². The molecule has 1 fully saturated rings. The van der Waals surface area contributed by atoms with Gasteiger partial charge in [-0.05, 0) is 37.5 Å². The van der Waals surface area contributed by atoms with Gasteiger partial charge in [-0.3, -0.25) is 4.99 Å². The molecule has 1 aliphatic carbocycles. The molecule has 1 saturated carbocycles. The highest BCUT2D eigenvalue weighted by Crippen LogP contribution is 2.48. The van der Waals surface area contributed by atoms with E-state index >= 15 is 0 Å². The van der Waals surface area contributed by atoms with Gasteiger partial charge in [0.15, 0.2) is 5.96 Å². The quantitative estimate of drug-likeness (QED) is 0.408. The molecule has 2 N–H and O–H groups in total. The van der Waals surface area contributed by atoms with E-state index in [2.05, 4.69) is 34.7 Å². The molecule has 6 heteroatoms. The number of benzene rings is 1. The number of hydrogen-bond donors (Lipinski definition) is 2. The first-order valence-corrected chi connectivity index (χ1v) is 7.69. The van der Waals surface area contributed by atoms with Crippen LogP contribution >= 0.6 is 35.6 Å². The fourth-order valence-corrected chi connectivity index (χ4v) is 2.70. The Bertz CT molecular complexity index is 506. The van der Waals surface area contributed by atoms with Crippen LogP contribution in [0.15, 0.2) is 29.3 Å². The summed E-state index contributed by atoms with van der Waals surface area (Å²) in [6.07, 6.45) is 2.37. The van der Waals surface area contributed by atoms with Crippen molar-refractivity contribution in [3.63, 3.8) is 0 Å². The Labute approximate surface area is 155 Å². The van der Waals surface area contributed by atoms with Crippen molar-refractivity contribution < 1.29 is 4.74 Å². The summed E-state index contributed by atoms with van der Waals surface area (Å²) in [6, 6.07) is 8.39. The molecule has 1 aromatic rings. The summed E-state index contributed by atoms with van der Waals surface area (Å²) < 4.78 is 5.13. The van der Waals surface area contributed by atoms with Crippen LogP contribution in [0.4, 0.5) is 0 Å². The van der Waals surface area contributed by atoms with Gasteiger partial charge >= 0.3 is 0 Å². The molecule has 0 spiro atoms. The number of aliphatic imine (C=N–C) groups is 1. The summed E-state index contributed by atoms with van der Waals surface area (Å²) in [6.45, 7) is 3.59. The Morgan fingerprint density at radius 1 is 1.45 bits per heavy atom. The normalized spacial score (nSPS) is 17.4. The van der Waals surface area contributed by atoms with Crippen molar-refractivity contribution >= 4 is 41.5 Å². The zero-order chi connectivity index (χ0) is 15.3. The van der Waals surface area contributed by atoms with E-state index in [0.717, 1.165) is 17.5 Å². The van der Waals surface area contributed by atoms with Gasteiger partial charge in [0.05, 0.1) is 6.61 Å². The molecule has 124 valence electrons. The number of ether oxygens (including phenoxy) is 1. The molecule has 0 aliphatic heterocycles. The molecule has 0 saturated heterocycles. The molecule has 0 aromatic heterocycles. The van der Waals surface area contributed by atoms with Gasteiger partial charge < -0.3 is 15.4 Å². The SMILES string of the molecule is CN=C(NCC1(c2cccc(Cl)c2)CC1)NC(C)COC.I. The zero-order valence-electron chi connectivity index (χ0n) is 13.4. The highest BCUT2D eigenvalue weighted by Gasteiger charge is 2.44. The molecule has 0 amide bonds. The monoisotopic (exact) mass is 437 g/mol. The fourth-order valence-electron chi connectivity index (χ4n) is 2.51. The predicted octanol–water partition coefficient (Wildman–Crippen LogP) is 3.19. The Balaban J connectivity index is 0.00000242. The van der Waals surface area contributed by atoms with Crippen molar-refractivity contribution in [3.05, 3.63) is 34.9 Å². The maximum atomic E-state index is 6.10. The molecule has 1 unspecified atom stereocenters. The fraction of sp³-hybridized carbons (Fsp3) is 0.562. The first-order valence-electron chi connectivity index (χ1n) is 7.32. The van der Waals surface area contributed by atoms with Crippen molar-refractivity contribution in [1.82, 2.24) is 10.6 Å². The number of nitrogens with zero attached hydrogens (tertiary/aromatic N) is 1. The lowest BCUT2D eigenvalue weighted by atomic mass is 9.96. The number of rotatable bonds is 6. The molecule has 1 atom stereocenters. The maximum Gasteiger partial charge on any atom is 0.191 e. The standard InChI is InChI=1S/C16H24ClN3O.HI/c1-12(10-21-3)20-15(18-2)19-11-16(7-8-16)13-5-4-6-14(17)9-13;/h4-6,9,12H,7-8,10-11H2,1-3H3,(H2,18,19,20);1H. The van der Waals surface area contributed by atoms with E-state index in [1.807, 2.05) is 12.1 Å². The van der Waals surface area contributed by atoms with E-state index in [1.54, 1.807) is 14.2 Å². The van der Waals surface area contributed by atoms with E-state index in [0.29, 0.717) is 6.61 Å². The molecule has 4 nitrogen and oxygen atoms in total. The van der Waals surface area contributed by atoms with Crippen LogP contribution in [0.5, 0.6) is 0 Å².